The number of nitrogens with zero attached hydrogens (tertiary/aromatic N) is 4. The summed E-state index contributed by atoms with van der Waals surface area (Å²) in [7, 11) is 5.85. The highest BCUT2D eigenvalue weighted by atomic mass is 16.3. The van der Waals surface area contributed by atoms with Gasteiger partial charge in [-0.15, -0.1) is 0 Å². The normalized spacial score (nSPS) is 11.2. The van der Waals surface area contributed by atoms with Gasteiger partial charge in [-0.1, -0.05) is 12.1 Å². The molecule has 0 aliphatic carbocycles. The monoisotopic (exact) mass is 370 g/mol. The summed E-state index contributed by atoms with van der Waals surface area (Å²) in [6, 6.07) is 5.73. The summed E-state index contributed by atoms with van der Waals surface area (Å²) in [4.78, 5) is 37.5. The van der Waals surface area contributed by atoms with E-state index < -0.39 is 17.1 Å². The van der Waals surface area contributed by atoms with Gasteiger partial charge in [-0.3, -0.25) is 23.1 Å². The van der Waals surface area contributed by atoms with E-state index in [1.165, 1.54) is 30.3 Å². The van der Waals surface area contributed by atoms with Gasteiger partial charge in [0.1, 0.15) is 5.56 Å². The maximum atomic E-state index is 12.8. The predicted octanol–water partition coefficient (Wildman–Crippen LogP) is 0.778. The molecule has 3 aromatic rings. The van der Waals surface area contributed by atoms with Gasteiger partial charge in [0.2, 0.25) is 5.88 Å². The van der Waals surface area contributed by atoms with E-state index in [9.17, 15) is 19.5 Å². The van der Waals surface area contributed by atoms with Crippen LogP contribution in [-0.4, -0.2) is 23.4 Å². The Hall–Kier alpha value is -3.29. The number of hydrogen-bond acceptors (Lipinski definition) is 4. The molecule has 27 heavy (non-hydrogen) atoms. The van der Waals surface area contributed by atoms with Gasteiger partial charge in [0, 0.05) is 33.8 Å². The van der Waals surface area contributed by atoms with Crippen molar-refractivity contribution in [1.82, 2.24) is 18.3 Å². The third-order valence-electron chi connectivity index (χ3n) is 5.12. The summed E-state index contributed by atoms with van der Waals surface area (Å²) in [6.45, 7) is 3.95. The molecule has 2 heterocycles. The molecular formula is C19H22N4O4. The van der Waals surface area contributed by atoms with E-state index in [1.54, 1.807) is 7.05 Å². The van der Waals surface area contributed by atoms with Crippen LogP contribution in [0.25, 0.3) is 22.5 Å². The summed E-state index contributed by atoms with van der Waals surface area (Å²) < 4.78 is 4.64. The number of aromatic hydroxyl groups is 1. The van der Waals surface area contributed by atoms with E-state index in [0.717, 1.165) is 25.8 Å². The van der Waals surface area contributed by atoms with E-state index in [4.69, 9.17) is 0 Å². The average Bonchev–Trinajstić information content (AvgIpc) is 2.85. The summed E-state index contributed by atoms with van der Waals surface area (Å²) in [5.74, 6) is -0.477. The largest absolute Gasteiger partial charge is 0.494 e. The first kappa shape index (κ1) is 18.5. The van der Waals surface area contributed by atoms with Crippen molar-refractivity contribution in [2.75, 3.05) is 0 Å². The van der Waals surface area contributed by atoms with Crippen LogP contribution in [0.15, 0.2) is 32.6 Å². The molecule has 0 saturated carbocycles. The molecule has 8 nitrogen and oxygen atoms in total. The fraction of sp³-hybridized carbons (Fsp3) is 0.316. The molecule has 1 aromatic carbocycles. The number of hydrogen-bond donors (Lipinski definition) is 1. The highest BCUT2D eigenvalue weighted by Gasteiger charge is 2.26. The van der Waals surface area contributed by atoms with Gasteiger partial charge in [-0.05, 0) is 31.0 Å². The molecule has 0 spiro atoms. The zero-order chi connectivity index (χ0) is 20.2. The molecule has 0 bridgehead atoms. The number of aromatic nitrogens is 4. The summed E-state index contributed by atoms with van der Waals surface area (Å²) in [5.41, 5.74) is 1.90. The van der Waals surface area contributed by atoms with Gasteiger partial charge in [0.25, 0.3) is 5.56 Å². The van der Waals surface area contributed by atoms with Crippen molar-refractivity contribution in [2.45, 2.75) is 13.8 Å². The third kappa shape index (κ3) is 2.56. The lowest BCUT2D eigenvalue weighted by atomic mass is 10.0. The number of imidazole rings is 1. The van der Waals surface area contributed by atoms with Crippen molar-refractivity contribution in [3.63, 3.8) is 0 Å². The molecule has 0 amide bonds. The molecule has 1 N–H and O–H groups in total. The first-order valence-electron chi connectivity index (χ1n) is 8.40. The second-order valence-corrected chi connectivity index (χ2v) is 6.80. The second kappa shape index (κ2) is 6.15. The van der Waals surface area contributed by atoms with Crippen LogP contribution < -0.4 is 16.9 Å². The van der Waals surface area contributed by atoms with Crippen molar-refractivity contribution < 1.29 is 5.11 Å². The van der Waals surface area contributed by atoms with Crippen molar-refractivity contribution in [3.05, 3.63) is 60.6 Å². The van der Waals surface area contributed by atoms with Gasteiger partial charge >= 0.3 is 11.4 Å². The van der Waals surface area contributed by atoms with Crippen molar-refractivity contribution in [3.8, 4) is 28.4 Å². The average molecular weight is 370 g/mol. The molecule has 0 radical (unpaired) electrons. The molecule has 0 unspecified atom stereocenters. The lowest BCUT2D eigenvalue weighted by Crippen LogP contribution is -2.38. The van der Waals surface area contributed by atoms with Gasteiger partial charge in [-0.2, -0.15) is 0 Å². The second-order valence-electron chi connectivity index (χ2n) is 6.80. The Morgan fingerprint density at radius 3 is 1.89 bits per heavy atom. The smallest absolute Gasteiger partial charge is 0.333 e. The quantitative estimate of drug-likeness (QED) is 0.722. The lowest BCUT2D eigenvalue weighted by molar-refractivity contribution is 0.414. The predicted molar refractivity (Wildman–Crippen MR) is 103 cm³/mol. The summed E-state index contributed by atoms with van der Waals surface area (Å²) in [6.07, 6.45) is 0. The molecule has 0 aliphatic heterocycles. The topological polar surface area (TPSA) is 91.2 Å². The SMILES string of the molecule is Cc1ccc(-c2c(-c3c(O)n(C)c(=O)n(C)c3=O)n(C)c(=O)n2C)cc1C. The Bertz CT molecular complexity index is 1250. The molecule has 0 fully saturated rings. The maximum absolute atomic E-state index is 12.8. The number of benzene rings is 1. The van der Waals surface area contributed by atoms with Gasteiger partial charge in [0.15, 0.2) is 0 Å². The van der Waals surface area contributed by atoms with Crippen LogP contribution in [0, 0.1) is 13.8 Å². The molecular weight excluding hydrogens is 348 g/mol. The van der Waals surface area contributed by atoms with Crippen molar-refractivity contribution in [2.24, 2.45) is 28.2 Å². The third-order valence-corrected chi connectivity index (χ3v) is 5.12. The van der Waals surface area contributed by atoms with Crippen LogP contribution in [0.3, 0.4) is 0 Å². The Morgan fingerprint density at radius 1 is 0.741 bits per heavy atom. The molecule has 142 valence electrons. The number of aryl methyl sites for hydroxylation is 2. The van der Waals surface area contributed by atoms with Crippen molar-refractivity contribution >= 4 is 0 Å². The minimum atomic E-state index is -0.665. The molecule has 0 saturated heterocycles. The standard InChI is InChI=1S/C19H22N4O4/c1-10-7-8-12(9-11(10)2)14-15(21(4)18(26)20(14)3)13-16(24)22(5)19(27)23(6)17(13)25/h7-9,24H,1-6H3. The van der Waals surface area contributed by atoms with Crippen LogP contribution in [0.4, 0.5) is 0 Å². The van der Waals surface area contributed by atoms with Crippen LogP contribution in [-0.2, 0) is 28.2 Å². The van der Waals surface area contributed by atoms with Crippen LogP contribution in [0.5, 0.6) is 5.88 Å². The van der Waals surface area contributed by atoms with Crippen LogP contribution in [0.2, 0.25) is 0 Å². The zero-order valence-corrected chi connectivity index (χ0v) is 16.2. The molecule has 0 atom stereocenters. The van der Waals surface area contributed by atoms with Crippen LogP contribution >= 0.6 is 0 Å². The maximum Gasteiger partial charge on any atom is 0.333 e. The first-order valence-corrected chi connectivity index (χ1v) is 8.40. The minimum Gasteiger partial charge on any atom is -0.494 e. The fourth-order valence-electron chi connectivity index (χ4n) is 3.28. The molecule has 3 rings (SSSR count). The molecule has 0 aliphatic rings. The van der Waals surface area contributed by atoms with Gasteiger partial charge in [-0.25, -0.2) is 9.59 Å². The van der Waals surface area contributed by atoms with Crippen molar-refractivity contribution in [1.29, 1.82) is 0 Å². The Balaban J connectivity index is 2.53. The number of rotatable bonds is 2. The summed E-state index contributed by atoms with van der Waals surface area (Å²) in [5, 5.41) is 10.6. The zero-order valence-electron chi connectivity index (χ0n) is 16.2. The first-order chi connectivity index (χ1) is 12.6. The van der Waals surface area contributed by atoms with E-state index in [0.29, 0.717) is 5.69 Å². The minimum absolute atomic E-state index is 0.0898. The Morgan fingerprint density at radius 2 is 1.30 bits per heavy atom. The summed E-state index contributed by atoms with van der Waals surface area (Å²) >= 11 is 0. The van der Waals surface area contributed by atoms with Crippen LogP contribution in [0.1, 0.15) is 11.1 Å². The highest BCUT2D eigenvalue weighted by molar-refractivity contribution is 5.81. The molecule has 8 heteroatoms. The van der Waals surface area contributed by atoms with E-state index in [2.05, 4.69) is 0 Å². The lowest BCUT2D eigenvalue weighted by Gasteiger charge is -2.13. The van der Waals surface area contributed by atoms with Gasteiger partial charge < -0.3 is 5.11 Å². The molecule has 2 aromatic heterocycles. The van der Waals surface area contributed by atoms with E-state index in [-0.39, 0.29) is 16.9 Å². The Kier molecular flexibility index (Phi) is 4.22. The van der Waals surface area contributed by atoms with E-state index >= 15 is 0 Å². The van der Waals surface area contributed by atoms with Gasteiger partial charge in [0.05, 0.1) is 11.4 Å². The highest BCUT2D eigenvalue weighted by Crippen LogP contribution is 2.33. The Labute approximate surface area is 155 Å². The fourth-order valence-corrected chi connectivity index (χ4v) is 3.28. The van der Waals surface area contributed by atoms with E-state index in [1.807, 2.05) is 32.0 Å².